The van der Waals surface area contributed by atoms with Crippen LogP contribution < -0.4 is 15.5 Å². The van der Waals surface area contributed by atoms with E-state index in [4.69, 9.17) is 0 Å². The minimum absolute atomic E-state index is 0.189. The molecule has 37 heavy (non-hydrogen) atoms. The predicted molar refractivity (Wildman–Crippen MR) is 144 cm³/mol. The number of fused-ring (bicyclic) bond motifs is 1. The minimum Gasteiger partial charge on any atom is -0.390 e. The second-order valence-electron chi connectivity index (χ2n) is 9.30. The van der Waals surface area contributed by atoms with Gasteiger partial charge in [-0.25, -0.2) is 9.78 Å². The molecule has 0 bridgehead atoms. The maximum Gasteiger partial charge on any atom is 0.325 e. The lowest BCUT2D eigenvalue weighted by Crippen LogP contribution is -2.51. The van der Waals surface area contributed by atoms with Gasteiger partial charge in [0.1, 0.15) is 5.82 Å². The highest BCUT2D eigenvalue weighted by Gasteiger charge is 2.29. The smallest absolute Gasteiger partial charge is 0.325 e. The van der Waals surface area contributed by atoms with Gasteiger partial charge in [-0.05, 0) is 55.0 Å². The maximum absolute atomic E-state index is 12.9. The monoisotopic (exact) mass is 498 g/mol. The van der Waals surface area contributed by atoms with Gasteiger partial charge < -0.3 is 20.6 Å². The molecule has 1 saturated heterocycles. The average Bonchev–Trinajstić information content (AvgIpc) is 3.33. The number of aliphatic hydroxyl groups excluding tert-OH is 1. The van der Waals surface area contributed by atoms with E-state index >= 15 is 0 Å². The quantitative estimate of drug-likeness (QED) is 0.372. The van der Waals surface area contributed by atoms with Crippen molar-refractivity contribution in [1.82, 2.24) is 19.8 Å². The van der Waals surface area contributed by atoms with Crippen LogP contribution in [0, 0.1) is 0 Å². The molecule has 190 valence electrons. The van der Waals surface area contributed by atoms with E-state index in [0.29, 0.717) is 24.5 Å². The first-order valence-corrected chi connectivity index (χ1v) is 12.2. The molecule has 0 saturated carbocycles. The Morgan fingerprint density at radius 1 is 1.05 bits per heavy atom. The Bertz CT molecular complexity index is 1440. The molecular weight excluding hydrogens is 468 g/mol. The number of hydrogen-bond donors (Lipinski definition) is 3. The molecule has 9 nitrogen and oxygen atoms in total. The van der Waals surface area contributed by atoms with Crippen molar-refractivity contribution in [2.45, 2.75) is 19.1 Å². The van der Waals surface area contributed by atoms with E-state index in [1.807, 2.05) is 72.6 Å². The zero-order valence-corrected chi connectivity index (χ0v) is 21.0. The summed E-state index contributed by atoms with van der Waals surface area (Å²) in [5.74, 6) is 0.219. The maximum atomic E-state index is 12.9. The number of hydrogen-bond acceptors (Lipinski definition) is 6. The van der Waals surface area contributed by atoms with Gasteiger partial charge in [-0.2, -0.15) is 0 Å². The van der Waals surface area contributed by atoms with Crippen molar-refractivity contribution in [2.75, 3.05) is 37.4 Å². The lowest BCUT2D eigenvalue weighted by molar-refractivity contribution is -0.0211. The molecule has 0 radical (unpaired) electrons. The van der Waals surface area contributed by atoms with Gasteiger partial charge in [-0.3, -0.25) is 14.3 Å². The van der Waals surface area contributed by atoms with E-state index in [2.05, 4.69) is 27.4 Å². The molecule has 2 aromatic heterocycles. The molecule has 3 heterocycles. The summed E-state index contributed by atoms with van der Waals surface area (Å²) in [5, 5.41) is 16.0. The summed E-state index contributed by atoms with van der Waals surface area (Å²) >= 11 is 0. The molecular formula is C28H30N6O3. The Balaban J connectivity index is 1.28. The molecule has 1 aliphatic rings. The Hall–Kier alpha value is -4.21. The summed E-state index contributed by atoms with van der Waals surface area (Å²) in [5.41, 5.74) is 4.27. The zero-order chi connectivity index (χ0) is 26.1. The van der Waals surface area contributed by atoms with Crippen LogP contribution in [0.5, 0.6) is 0 Å². The summed E-state index contributed by atoms with van der Waals surface area (Å²) < 4.78 is 1.57. The highest BCUT2D eigenvalue weighted by molar-refractivity contribution is 6.04. The third-order valence-corrected chi connectivity index (χ3v) is 6.96. The van der Waals surface area contributed by atoms with Crippen LogP contribution in [0.3, 0.4) is 0 Å². The van der Waals surface area contributed by atoms with Crippen LogP contribution in [0.15, 0.2) is 73.1 Å². The second-order valence-corrected chi connectivity index (χ2v) is 9.30. The largest absolute Gasteiger partial charge is 0.390 e. The Morgan fingerprint density at radius 3 is 2.49 bits per heavy atom. The number of rotatable bonds is 6. The molecule has 1 aliphatic heterocycles. The van der Waals surface area contributed by atoms with Gasteiger partial charge in [0.05, 0.1) is 11.6 Å². The number of aromatic nitrogens is 2. The fourth-order valence-electron chi connectivity index (χ4n) is 4.60. The van der Waals surface area contributed by atoms with Crippen LogP contribution in [0.2, 0.25) is 0 Å². The fourth-order valence-corrected chi connectivity index (χ4v) is 4.60. The molecule has 2 amide bonds. The topological polar surface area (TPSA) is 103 Å². The average molecular weight is 499 g/mol. The van der Waals surface area contributed by atoms with Gasteiger partial charge in [0.15, 0.2) is 0 Å². The van der Waals surface area contributed by atoms with Crippen molar-refractivity contribution >= 4 is 40.0 Å². The number of carbonyl (C=O) groups excluding carboxylic acids is 2. The molecule has 1 unspecified atom stereocenters. The fraction of sp³-hybridized carbons (Fsp3) is 0.250. The Labute approximate surface area is 215 Å². The lowest BCUT2D eigenvalue weighted by Gasteiger charge is -2.40. The molecule has 4 aromatic rings. The minimum atomic E-state index is -0.242. The summed E-state index contributed by atoms with van der Waals surface area (Å²) in [6, 6.07) is 19.0. The number of nitrogens with zero attached hydrogens (tertiary/aromatic N) is 4. The highest BCUT2D eigenvalue weighted by Crippen LogP contribution is 2.29. The number of aliphatic hydroxyl groups is 1. The lowest BCUT2D eigenvalue weighted by atomic mass is 10.0. The Kier molecular flexibility index (Phi) is 6.64. The molecule has 1 atom stereocenters. The van der Waals surface area contributed by atoms with E-state index in [1.165, 1.54) is 0 Å². The molecule has 5 rings (SSSR count). The first-order chi connectivity index (χ1) is 17.8. The van der Waals surface area contributed by atoms with E-state index in [9.17, 15) is 14.7 Å². The SMILES string of the molecule is CNC(=O)n1ccc2cc(N(C)c3ccnc(NC(=O)c4ccc(C(C)N5CC(O)C5)cc4)c3)ccc21. The molecule has 9 heteroatoms. The number of carbonyl (C=O) groups is 2. The molecule has 3 N–H and O–H groups in total. The van der Waals surface area contributed by atoms with Crippen LogP contribution in [0.25, 0.3) is 10.9 Å². The molecule has 2 aromatic carbocycles. The van der Waals surface area contributed by atoms with Crippen molar-refractivity contribution in [3.63, 3.8) is 0 Å². The first-order valence-electron chi connectivity index (χ1n) is 12.2. The number of amides is 2. The number of anilines is 3. The van der Waals surface area contributed by atoms with Gasteiger partial charge in [0.25, 0.3) is 5.91 Å². The normalized spacial score (nSPS) is 14.7. The van der Waals surface area contributed by atoms with E-state index in [-0.39, 0.29) is 24.1 Å². The summed E-state index contributed by atoms with van der Waals surface area (Å²) in [7, 11) is 3.54. The van der Waals surface area contributed by atoms with Crippen molar-refractivity contribution in [3.05, 3.63) is 84.2 Å². The van der Waals surface area contributed by atoms with Gasteiger partial charge in [0.2, 0.25) is 0 Å². The Morgan fingerprint density at radius 2 is 1.78 bits per heavy atom. The van der Waals surface area contributed by atoms with Crippen LogP contribution in [-0.4, -0.2) is 64.8 Å². The summed E-state index contributed by atoms with van der Waals surface area (Å²) in [6.45, 7) is 3.45. The zero-order valence-electron chi connectivity index (χ0n) is 21.0. The number of benzene rings is 2. The first kappa shape index (κ1) is 24.5. The molecule has 0 spiro atoms. The van der Waals surface area contributed by atoms with Crippen LogP contribution in [0.4, 0.5) is 22.0 Å². The number of likely N-dealkylation sites (tertiary alicyclic amines) is 1. The van der Waals surface area contributed by atoms with Gasteiger partial charge >= 0.3 is 6.03 Å². The third kappa shape index (κ3) is 4.91. The number of nitrogens with one attached hydrogen (secondary N) is 2. The predicted octanol–water partition coefficient (Wildman–Crippen LogP) is 3.98. The second kappa shape index (κ2) is 10.0. The number of pyridine rings is 1. The van der Waals surface area contributed by atoms with E-state index in [0.717, 1.165) is 27.8 Å². The van der Waals surface area contributed by atoms with Crippen molar-refractivity contribution in [1.29, 1.82) is 0 Å². The highest BCUT2D eigenvalue weighted by atomic mass is 16.3. The standard InChI is InChI=1S/C28H30N6O3/c1-18(33-16-24(35)17-33)19-4-6-20(7-5-19)27(36)31-26-15-23(10-12-30-26)32(3)22-8-9-25-21(14-22)11-13-34(25)28(37)29-2/h4-15,18,24,35H,16-17H2,1-3H3,(H,29,37)(H,30,31,36). The van der Waals surface area contributed by atoms with E-state index in [1.54, 1.807) is 24.0 Å². The van der Waals surface area contributed by atoms with Gasteiger partial charge in [-0.15, -0.1) is 0 Å². The van der Waals surface area contributed by atoms with Gasteiger partial charge in [0, 0.05) is 74.0 Å². The van der Waals surface area contributed by atoms with Crippen LogP contribution in [-0.2, 0) is 0 Å². The van der Waals surface area contributed by atoms with E-state index < -0.39 is 0 Å². The number of β-amino-alcohol motifs (C(OH)–C–C–N with tert-alkyl or cyclic N) is 1. The van der Waals surface area contributed by atoms with Gasteiger partial charge in [-0.1, -0.05) is 12.1 Å². The summed E-state index contributed by atoms with van der Waals surface area (Å²) in [4.78, 5) is 33.4. The molecule has 0 aliphatic carbocycles. The van der Waals surface area contributed by atoms with Crippen molar-refractivity contribution in [3.8, 4) is 0 Å². The third-order valence-electron chi connectivity index (χ3n) is 6.96. The molecule has 1 fully saturated rings. The van der Waals surface area contributed by atoms with Crippen molar-refractivity contribution in [2.24, 2.45) is 0 Å². The van der Waals surface area contributed by atoms with Crippen LogP contribution >= 0.6 is 0 Å². The summed E-state index contributed by atoms with van der Waals surface area (Å²) in [6.07, 6.45) is 3.17. The van der Waals surface area contributed by atoms with Crippen molar-refractivity contribution < 1.29 is 14.7 Å². The van der Waals surface area contributed by atoms with Crippen LogP contribution in [0.1, 0.15) is 28.9 Å².